The minimum Gasteiger partial charge on any atom is -0.465 e. The normalized spacial score (nSPS) is 14.2. The Kier molecular flexibility index (Phi) is 7.64. The molecule has 0 fully saturated rings. The number of aliphatic hydroxyl groups excluding tert-OH is 1. The lowest BCUT2D eigenvalue weighted by atomic mass is 9.87. The summed E-state index contributed by atoms with van der Waals surface area (Å²) in [5.41, 5.74) is -0.272. The van der Waals surface area contributed by atoms with E-state index in [0.717, 1.165) is 0 Å². The van der Waals surface area contributed by atoms with E-state index in [2.05, 4.69) is 5.92 Å². The summed E-state index contributed by atoms with van der Waals surface area (Å²) in [6, 6.07) is 16.1. The first-order chi connectivity index (χ1) is 12.6. The van der Waals surface area contributed by atoms with Crippen molar-refractivity contribution in [1.82, 2.24) is 0 Å². The third-order valence-corrected chi connectivity index (χ3v) is 3.79. The molecule has 0 aliphatic rings. The molecule has 0 saturated heterocycles. The molecule has 0 amide bonds. The molecule has 0 spiro atoms. The molecule has 0 bridgehead atoms. The zero-order chi connectivity index (χ0) is 18.8. The zero-order valence-electron chi connectivity index (χ0n) is 14.8. The second-order valence-electron chi connectivity index (χ2n) is 5.64. The van der Waals surface area contributed by atoms with Gasteiger partial charge in [-0.2, -0.15) is 0 Å². The van der Waals surface area contributed by atoms with Gasteiger partial charge in [-0.3, -0.25) is 0 Å². The zero-order valence-corrected chi connectivity index (χ0v) is 14.8. The second kappa shape index (κ2) is 9.95. The van der Waals surface area contributed by atoms with Crippen LogP contribution >= 0.6 is 0 Å². The van der Waals surface area contributed by atoms with Gasteiger partial charge < -0.3 is 24.4 Å². The van der Waals surface area contributed by atoms with E-state index in [-0.39, 0.29) is 6.61 Å². The van der Waals surface area contributed by atoms with Crippen LogP contribution in [0.4, 0.5) is 0 Å². The SMILES string of the molecule is C#CC(O)(c1ccccc1)c1ccc(OC(C)OCCOCCO)cc1. The van der Waals surface area contributed by atoms with Gasteiger partial charge in [-0.05, 0) is 19.1 Å². The largest absolute Gasteiger partial charge is 0.465 e. The fraction of sp³-hybridized carbons (Fsp3) is 0.333. The van der Waals surface area contributed by atoms with E-state index in [4.69, 9.17) is 25.7 Å². The van der Waals surface area contributed by atoms with Gasteiger partial charge in [0.1, 0.15) is 5.75 Å². The van der Waals surface area contributed by atoms with Crippen LogP contribution in [0, 0.1) is 12.3 Å². The number of aliphatic hydroxyl groups is 2. The average Bonchev–Trinajstić information content (AvgIpc) is 2.68. The molecule has 0 radical (unpaired) electrons. The van der Waals surface area contributed by atoms with Gasteiger partial charge in [0.15, 0.2) is 11.9 Å². The molecule has 0 aromatic heterocycles. The van der Waals surface area contributed by atoms with Crippen molar-refractivity contribution in [3.05, 3.63) is 65.7 Å². The maximum absolute atomic E-state index is 10.9. The van der Waals surface area contributed by atoms with Crippen LogP contribution in [0.5, 0.6) is 5.75 Å². The molecule has 0 heterocycles. The van der Waals surface area contributed by atoms with Gasteiger partial charge in [0.2, 0.25) is 0 Å². The lowest BCUT2D eigenvalue weighted by Gasteiger charge is -2.24. The molecular weight excluding hydrogens is 332 g/mol. The molecule has 2 aromatic carbocycles. The Hall–Kier alpha value is -2.36. The van der Waals surface area contributed by atoms with Crippen molar-refractivity contribution in [2.24, 2.45) is 0 Å². The highest BCUT2D eigenvalue weighted by Crippen LogP contribution is 2.30. The molecule has 138 valence electrons. The summed E-state index contributed by atoms with van der Waals surface area (Å²) in [5.74, 6) is 3.08. The number of terminal acetylenes is 1. The molecule has 26 heavy (non-hydrogen) atoms. The molecule has 0 aliphatic carbocycles. The number of ether oxygens (including phenoxy) is 3. The second-order valence-corrected chi connectivity index (χ2v) is 5.64. The summed E-state index contributed by atoms with van der Waals surface area (Å²) in [4.78, 5) is 0. The van der Waals surface area contributed by atoms with Crippen molar-refractivity contribution in [3.8, 4) is 18.1 Å². The lowest BCUT2D eigenvalue weighted by molar-refractivity contribution is -0.0847. The van der Waals surface area contributed by atoms with Crippen LogP contribution in [0.3, 0.4) is 0 Å². The van der Waals surface area contributed by atoms with Crippen LogP contribution in [0.1, 0.15) is 18.1 Å². The maximum Gasteiger partial charge on any atom is 0.197 e. The van der Waals surface area contributed by atoms with E-state index < -0.39 is 11.9 Å². The average molecular weight is 356 g/mol. The van der Waals surface area contributed by atoms with Crippen LogP contribution in [-0.2, 0) is 15.1 Å². The first kappa shape index (κ1) is 20.0. The van der Waals surface area contributed by atoms with Gasteiger partial charge >= 0.3 is 0 Å². The highest BCUT2D eigenvalue weighted by Gasteiger charge is 2.28. The molecule has 0 saturated carbocycles. The van der Waals surface area contributed by atoms with Gasteiger partial charge in [-0.25, -0.2) is 0 Å². The van der Waals surface area contributed by atoms with Crippen molar-refractivity contribution in [2.75, 3.05) is 26.4 Å². The molecular formula is C21H24O5. The Balaban J connectivity index is 1.96. The summed E-state index contributed by atoms with van der Waals surface area (Å²) in [6.07, 6.45) is 5.14. The third-order valence-electron chi connectivity index (χ3n) is 3.79. The minimum absolute atomic E-state index is 0.00854. The Bertz CT molecular complexity index is 693. The number of hydrogen-bond acceptors (Lipinski definition) is 5. The number of hydrogen-bond donors (Lipinski definition) is 2. The van der Waals surface area contributed by atoms with Gasteiger partial charge in [-0.1, -0.05) is 48.4 Å². The highest BCUT2D eigenvalue weighted by atomic mass is 16.7. The Morgan fingerprint density at radius 1 is 1.00 bits per heavy atom. The minimum atomic E-state index is -1.49. The fourth-order valence-corrected chi connectivity index (χ4v) is 2.45. The van der Waals surface area contributed by atoms with Crippen LogP contribution in [0.2, 0.25) is 0 Å². The van der Waals surface area contributed by atoms with Gasteiger partial charge in [-0.15, -0.1) is 6.42 Å². The summed E-state index contributed by atoms with van der Waals surface area (Å²) >= 11 is 0. The molecule has 0 aliphatic heterocycles. The standard InChI is InChI=1S/C21H24O5/c1-3-21(23,18-7-5-4-6-8-18)19-9-11-20(12-10-19)26-17(2)25-16-15-24-14-13-22/h1,4-12,17,22-23H,13-16H2,2H3. The van der Waals surface area contributed by atoms with Gasteiger partial charge in [0, 0.05) is 11.1 Å². The molecule has 2 aromatic rings. The first-order valence-corrected chi connectivity index (χ1v) is 8.43. The van der Waals surface area contributed by atoms with Crippen molar-refractivity contribution >= 4 is 0 Å². The lowest BCUT2D eigenvalue weighted by Crippen LogP contribution is -2.25. The van der Waals surface area contributed by atoms with Crippen molar-refractivity contribution in [1.29, 1.82) is 0 Å². The molecule has 2 unspecified atom stereocenters. The maximum atomic E-state index is 10.9. The van der Waals surface area contributed by atoms with Crippen molar-refractivity contribution < 1.29 is 24.4 Å². The van der Waals surface area contributed by atoms with E-state index in [0.29, 0.717) is 36.7 Å². The Labute approximate surface area is 154 Å². The monoisotopic (exact) mass is 356 g/mol. The van der Waals surface area contributed by atoms with E-state index in [1.807, 2.05) is 18.2 Å². The van der Waals surface area contributed by atoms with E-state index in [9.17, 15) is 5.11 Å². The quantitative estimate of drug-likeness (QED) is 0.388. The smallest absolute Gasteiger partial charge is 0.197 e. The molecule has 2 atom stereocenters. The third kappa shape index (κ3) is 5.32. The predicted molar refractivity (Wildman–Crippen MR) is 98.7 cm³/mol. The van der Waals surface area contributed by atoms with E-state index in [1.165, 1.54) is 0 Å². The molecule has 2 N–H and O–H groups in total. The first-order valence-electron chi connectivity index (χ1n) is 8.43. The topological polar surface area (TPSA) is 68.2 Å². The molecule has 2 rings (SSSR count). The summed E-state index contributed by atoms with van der Waals surface area (Å²) in [5, 5.41) is 19.5. The van der Waals surface area contributed by atoms with Crippen molar-refractivity contribution in [3.63, 3.8) is 0 Å². The van der Waals surface area contributed by atoms with Crippen LogP contribution in [0.25, 0.3) is 0 Å². The predicted octanol–water partition coefficient (Wildman–Crippen LogP) is 2.31. The Morgan fingerprint density at radius 3 is 2.27 bits per heavy atom. The van der Waals surface area contributed by atoms with Gasteiger partial charge in [0.25, 0.3) is 0 Å². The summed E-state index contributed by atoms with van der Waals surface area (Å²) < 4.78 is 16.3. The van der Waals surface area contributed by atoms with E-state index >= 15 is 0 Å². The Morgan fingerprint density at radius 2 is 1.65 bits per heavy atom. The molecule has 5 heteroatoms. The summed E-state index contributed by atoms with van der Waals surface area (Å²) in [6.45, 7) is 2.82. The van der Waals surface area contributed by atoms with Crippen LogP contribution in [0.15, 0.2) is 54.6 Å². The number of benzene rings is 2. The van der Waals surface area contributed by atoms with Gasteiger partial charge in [0.05, 0.1) is 26.4 Å². The van der Waals surface area contributed by atoms with Crippen molar-refractivity contribution in [2.45, 2.75) is 18.8 Å². The van der Waals surface area contributed by atoms with Crippen LogP contribution < -0.4 is 4.74 Å². The molecule has 5 nitrogen and oxygen atoms in total. The van der Waals surface area contributed by atoms with E-state index in [1.54, 1.807) is 43.3 Å². The fourth-order valence-electron chi connectivity index (χ4n) is 2.45. The number of rotatable bonds is 10. The summed E-state index contributed by atoms with van der Waals surface area (Å²) in [7, 11) is 0. The highest BCUT2D eigenvalue weighted by molar-refractivity contribution is 5.45. The van der Waals surface area contributed by atoms with Crippen LogP contribution in [-0.4, -0.2) is 42.9 Å².